The van der Waals surface area contributed by atoms with Crippen LogP contribution in [0.2, 0.25) is 0 Å². The zero-order valence-electron chi connectivity index (χ0n) is 12.2. The number of hydrogen-bond acceptors (Lipinski definition) is 3. The molecule has 0 bridgehead atoms. The molecule has 6 heteroatoms. The van der Waals surface area contributed by atoms with E-state index in [1.54, 1.807) is 13.0 Å². The predicted octanol–water partition coefficient (Wildman–Crippen LogP) is 2.30. The molecule has 3 N–H and O–H groups in total. The van der Waals surface area contributed by atoms with Crippen molar-refractivity contribution in [3.05, 3.63) is 28.8 Å². The Labute approximate surface area is 123 Å². The van der Waals surface area contributed by atoms with Crippen LogP contribution in [-0.4, -0.2) is 36.4 Å². The van der Waals surface area contributed by atoms with Crippen molar-refractivity contribution in [3.63, 3.8) is 0 Å². The lowest BCUT2D eigenvalue weighted by Crippen LogP contribution is -2.42. The molecule has 1 atom stereocenters. The summed E-state index contributed by atoms with van der Waals surface area (Å²) in [7, 11) is 0. The van der Waals surface area contributed by atoms with E-state index >= 15 is 0 Å². The number of amides is 2. The van der Waals surface area contributed by atoms with Gasteiger partial charge in [0.15, 0.2) is 0 Å². The number of aryl methyl sites for hydroxylation is 1. The van der Waals surface area contributed by atoms with E-state index in [0.29, 0.717) is 17.9 Å². The topological polar surface area (TPSA) is 87.7 Å². The van der Waals surface area contributed by atoms with Crippen molar-refractivity contribution in [2.75, 3.05) is 18.5 Å². The van der Waals surface area contributed by atoms with Crippen LogP contribution >= 0.6 is 0 Å². The maximum atomic E-state index is 11.9. The van der Waals surface area contributed by atoms with Crippen molar-refractivity contribution in [2.24, 2.45) is 0 Å². The molecule has 2 rings (SSSR count). The van der Waals surface area contributed by atoms with Crippen molar-refractivity contribution >= 4 is 17.7 Å². The van der Waals surface area contributed by atoms with Gasteiger partial charge in [-0.3, -0.25) is 0 Å². The van der Waals surface area contributed by atoms with Gasteiger partial charge in [0, 0.05) is 12.3 Å². The molecule has 1 fully saturated rings. The zero-order valence-corrected chi connectivity index (χ0v) is 12.2. The molecule has 0 radical (unpaired) electrons. The van der Waals surface area contributed by atoms with E-state index in [9.17, 15) is 9.59 Å². The second-order valence-electron chi connectivity index (χ2n) is 5.28. The highest BCUT2D eigenvalue weighted by atomic mass is 16.5. The van der Waals surface area contributed by atoms with Gasteiger partial charge in [-0.1, -0.05) is 0 Å². The highest BCUT2D eigenvalue weighted by Crippen LogP contribution is 2.20. The van der Waals surface area contributed by atoms with Gasteiger partial charge in [-0.25, -0.2) is 9.59 Å². The highest BCUT2D eigenvalue weighted by Gasteiger charge is 2.17. The van der Waals surface area contributed by atoms with Crippen molar-refractivity contribution in [1.82, 2.24) is 5.32 Å². The summed E-state index contributed by atoms with van der Waals surface area (Å²) in [5.74, 6) is -1.000. The Bertz CT molecular complexity index is 551. The first-order chi connectivity index (χ1) is 9.97. The van der Waals surface area contributed by atoms with Crippen LogP contribution < -0.4 is 10.6 Å². The normalized spacial score (nSPS) is 18.1. The van der Waals surface area contributed by atoms with Crippen molar-refractivity contribution in [1.29, 1.82) is 0 Å². The molecule has 1 heterocycles. The number of carbonyl (C=O) groups excluding carboxylic acids is 1. The number of rotatable bonds is 3. The number of nitrogens with one attached hydrogen (secondary N) is 2. The SMILES string of the molecule is Cc1cc(NC(=O)NC2CCCOC2)cc(C(=O)O)c1C. The molecule has 1 aliphatic heterocycles. The van der Waals surface area contributed by atoms with E-state index < -0.39 is 5.97 Å². The molecule has 21 heavy (non-hydrogen) atoms. The lowest BCUT2D eigenvalue weighted by atomic mass is 10.0. The molecule has 1 aromatic rings. The first-order valence-corrected chi connectivity index (χ1v) is 6.97. The predicted molar refractivity (Wildman–Crippen MR) is 78.9 cm³/mol. The molecule has 0 spiro atoms. The molecule has 1 unspecified atom stereocenters. The van der Waals surface area contributed by atoms with Gasteiger partial charge in [0.25, 0.3) is 0 Å². The quantitative estimate of drug-likeness (QED) is 0.797. The van der Waals surface area contributed by atoms with Gasteiger partial charge in [-0.2, -0.15) is 0 Å². The van der Waals surface area contributed by atoms with Gasteiger partial charge in [-0.15, -0.1) is 0 Å². The molecule has 0 aromatic heterocycles. The Morgan fingerprint density at radius 2 is 2.10 bits per heavy atom. The van der Waals surface area contributed by atoms with E-state index in [2.05, 4.69) is 10.6 Å². The largest absolute Gasteiger partial charge is 0.478 e. The summed E-state index contributed by atoms with van der Waals surface area (Å²) in [6.07, 6.45) is 1.82. The van der Waals surface area contributed by atoms with Gasteiger partial charge < -0.3 is 20.5 Å². The van der Waals surface area contributed by atoms with Crippen LogP contribution in [0.25, 0.3) is 0 Å². The Morgan fingerprint density at radius 3 is 2.71 bits per heavy atom. The Balaban J connectivity index is 2.05. The molecule has 2 amide bonds. The summed E-state index contributed by atoms with van der Waals surface area (Å²) in [4.78, 5) is 23.1. The second kappa shape index (κ2) is 6.58. The minimum atomic E-state index is -1.000. The summed E-state index contributed by atoms with van der Waals surface area (Å²) in [5.41, 5.74) is 2.20. The minimum absolute atomic E-state index is 0.00393. The fourth-order valence-electron chi connectivity index (χ4n) is 2.36. The molecule has 0 aliphatic carbocycles. The number of benzene rings is 1. The van der Waals surface area contributed by atoms with Gasteiger partial charge in [0.05, 0.1) is 18.2 Å². The monoisotopic (exact) mass is 292 g/mol. The summed E-state index contributed by atoms with van der Waals surface area (Å²) < 4.78 is 5.30. The van der Waals surface area contributed by atoms with Crippen molar-refractivity contribution in [3.8, 4) is 0 Å². The average Bonchev–Trinajstić information content (AvgIpc) is 2.43. The average molecular weight is 292 g/mol. The van der Waals surface area contributed by atoms with Crippen molar-refractivity contribution < 1.29 is 19.4 Å². The van der Waals surface area contributed by atoms with Gasteiger partial charge >= 0.3 is 12.0 Å². The minimum Gasteiger partial charge on any atom is -0.478 e. The summed E-state index contributed by atoms with van der Waals surface area (Å²) >= 11 is 0. The van der Waals surface area contributed by atoms with E-state index in [-0.39, 0.29) is 17.6 Å². The lowest BCUT2D eigenvalue weighted by molar-refractivity contribution is 0.0696. The first-order valence-electron chi connectivity index (χ1n) is 6.97. The highest BCUT2D eigenvalue weighted by molar-refractivity contribution is 5.94. The van der Waals surface area contributed by atoms with Crippen LogP contribution in [0.1, 0.15) is 34.3 Å². The number of carboxylic acids is 1. The first kappa shape index (κ1) is 15.3. The Kier molecular flexibility index (Phi) is 4.80. The number of ether oxygens (including phenoxy) is 1. The third-order valence-corrected chi connectivity index (χ3v) is 3.65. The maximum Gasteiger partial charge on any atom is 0.336 e. The summed E-state index contributed by atoms with van der Waals surface area (Å²) in [5, 5.41) is 14.7. The zero-order chi connectivity index (χ0) is 15.4. The lowest BCUT2D eigenvalue weighted by Gasteiger charge is -2.23. The fourth-order valence-corrected chi connectivity index (χ4v) is 2.36. The molecule has 114 valence electrons. The molecule has 0 saturated carbocycles. The van der Waals surface area contributed by atoms with Crippen LogP contribution in [-0.2, 0) is 4.74 Å². The van der Waals surface area contributed by atoms with E-state index in [1.807, 2.05) is 6.92 Å². The van der Waals surface area contributed by atoms with E-state index in [1.165, 1.54) is 6.07 Å². The number of carboxylic acid groups (broad SMARTS) is 1. The molecule has 1 aromatic carbocycles. The standard InChI is InChI=1S/C15H20N2O4/c1-9-6-12(7-13(10(9)2)14(18)19)17-15(20)16-11-4-3-5-21-8-11/h6-7,11H,3-5,8H2,1-2H3,(H,18,19)(H2,16,17,20). The van der Waals surface area contributed by atoms with Gasteiger partial charge in [0.2, 0.25) is 0 Å². The van der Waals surface area contributed by atoms with Gasteiger partial charge in [-0.05, 0) is 49.9 Å². The molecular weight excluding hydrogens is 272 g/mol. The Morgan fingerprint density at radius 1 is 1.33 bits per heavy atom. The number of aromatic carboxylic acids is 1. The van der Waals surface area contributed by atoms with Crippen LogP contribution in [0.4, 0.5) is 10.5 Å². The molecule has 6 nitrogen and oxygen atoms in total. The molecule has 1 aliphatic rings. The smallest absolute Gasteiger partial charge is 0.336 e. The van der Waals surface area contributed by atoms with Crippen LogP contribution in [0, 0.1) is 13.8 Å². The third-order valence-electron chi connectivity index (χ3n) is 3.65. The molecular formula is C15H20N2O4. The fraction of sp³-hybridized carbons (Fsp3) is 0.467. The third kappa shape index (κ3) is 3.95. The number of hydrogen-bond donors (Lipinski definition) is 3. The van der Waals surface area contributed by atoms with Crippen LogP contribution in [0.5, 0.6) is 0 Å². The van der Waals surface area contributed by atoms with E-state index in [4.69, 9.17) is 9.84 Å². The number of carbonyl (C=O) groups is 2. The number of urea groups is 1. The van der Waals surface area contributed by atoms with Crippen LogP contribution in [0.15, 0.2) is 12.1 Å². The second-order valence-corrected chi connectivity index (χ2v) is 5.28. The van der Waals surface area contributed by atoms with Gasteiger partial charge in [0.1, 0.15) is 0 Å². The Hall–Kier alpha value is -2.08. The van der Waals surface area contributed by atoms with Crippen molar-refractivity contribution in [2.45, 2.75) is 32.7 Å². The van der Waals surface area contributed by atoms with E-state index in [0.717, 1.165) is 25.0 Å². The maximum absolute atomic E-state index is 11.9. The molecule has 1 saturated heterocycles. The summed E-state index contributed by atoms with van der Waals surface area (Å²) in [6, 6.07) is 2.90. The summed E-state index contributed by atoms with van der Waals surface area (Å²) in [6.45, 7) is 4.82. The van der Waals surface area contributed by atoms with Crippen LogP contribution in [0.3, 0.4) is 0 Å². The number of anilines is 1.